The summed E-state index contributed by atoms with van der Waals surface area (Å²) >= 11 is 0. The molecule has 1 unspecified atom stereocenters. The quantitative estimate of drug-likeness (QED) is 0.587. The van der Waals surface area contributed by atoms with Gasteiger partial charge in [-0.25, -0.2) is 9.97 Å². The molecule has 1 aromatic heterocycles. The fourth-order valence-electron chi connectivity index (χ4n) is 4.27. The molecule has 1 atom stereocenters. The molecule has 0 saturated carbocycles. The molecular formula is C26H31N5O. The van der Waals surface area contributed by atoms with Crippen LogP contribution < -0.4 is 5.32 Å². The van der Waals surface area contributed by atoms with Crippen LogP contribution in [-0.2, 0) is 24.4 Å². The zero-order chi connectivity index (χ0) is 22.5. The van der Waals surface area contributed by atoms with Gasteiger partial charge in [-0.1, -0.05) is 60.2 Å². The Morgan fingerprint density at radius 1 is 1.03 bits per heavy atom. The molecule has 4 rings (SSSR count). The van der Waals surface area contributed by atoms with Crippen molar-refractivity contribution in [2.75, 3.05) is 26.0 Å². The number of rotatable bonds is 8. The molecule has 1 saturated heterocycles. The van der Waals surface area contributed by atoms with Crippen LogP contribution >= 0.6 is 0 Å². The molecule has 32 heavy (non-hydrogen) atoms. The second-order valence-electron chi connectivity index (χ2n) is 8.67. The van der Waals surface area contributed by atoms with E-state index >= 15 is 0 Å². The monoisotopic (exact) mass is 429 g/mol. The lowest BCUT2D eigenvalue weighted by atomic mass is 10.0. The number of likely N-dealkylation sites (tertiary alicyclic amines) is 1. The number of hydrogen-bond donors (Lipinski definition) is 1. The molecule has 1 fully saturated rings. The highest BCUT2D eigenvalue weighted by Crippen LogP contribution is 2.29. The number of benzene rings is 2. The second kappa shape index (κ2) is 9.92. The van der Waals surface area contributed by atoms with E-state index in [2.05, 4.69) is 65.6 Å². The highest BCUT2D eigenvalue weighted by atomic mass is 16.2. The summed E-state index contributed by atoms with van der Waals surface area (Å²) in [5.41, 5.74) is 4.62. The van der Waals surface area contributed by atoms with E-state index in [9.17, 15) is 4.79 Å². The Hall–Kier alpha value is -3.25. The normalized spacial score (nSPS) is 16.1. The number of hydrogen-bond acceptors (Lipinski definition) is 5. The van der Waals surface area contributed by atoms with Gasteiger partial charge in [0.25, 0.3) is 0 Å². The van der Waals surface area contributed by atoms with Crippen LogP contribution in [0.25, 0.3) is 0 Å². The third-order valence-electron chi connectivity index (χ3n) is 5.84. The van der Waals surface area contributed by atoms with E-state index in [1.54, 1.807) is 0 Å². The van der Waals surface area contributed by atoms with E-state index < -0.39 is 0 Å². The first-order valence-electron chi connectivity index (χ1n) is 11.1. The maximum atomic E-state index is 12.7. The van der Waals surface area contributed by atoms with Crippen LogP contribution in [0.3, 0.4) is 0 Å². The summed E-state index contributed by atoms with van der Waals surface area (Å²) in [5.74, 6) is 1.84. The van der Waals surface area contributed by atoms with Crippen LogP contribution in [0.1, 0.15) is 40.5 Å². The maximum absolute atomic E-state index is 12.7. The van der Waals surface area contributed by atoms with Crippen molar-refractivity contribution in [3.63, 3.8) is 0 Å². The molecule has 0 radical (unpaired) electrons. The number of amides is 1. The SMILES string of the molecule is CNc1cc(C2CC(=O)N(Cc3ccccc3)C2)nc(CN(C)Cc2cccc(C)c2)n1. The van der Waals surface area contributed by atoms with E-state index in [1.165, 1.54) is 11.1 Å². The van der Waals surface area contributed by atoms with E-state index in [0.717, 1.165) is 29.4 Å². The summed E-state index contributed by atoms with van der Waals surface area (Å²) in [5, 5.41) is 3.16. The minimum Gasteiger partial charge on any atom is -0.373 e. The molecule has 6 nitrogen and oxygen atoms in total. The fourth-order valence-corrected chi connectivity index (χ4v) is 4.27. The maximum Gasteiger partial charge on any atom is 0.223 e. The summed E-state index contributed by atoms with van der Waals surface area (Å²) in [7, 11) is 3.95. The third-order valence-corrected chi connectivity index (χ3v) is 5.84. The minimum absolute atomic E-state index is 0.0853. The van der Waals surface area contributed by atoms with Crippen LogP contribution in [0.4, 0.5) is 5.82 Å². The molecule has 1 aliphatic heterocycles. The van der Waals surface area contributed by atoms with Gasteiger partial charge in [-0.3, -0.25) is 9.69 Å². The van der Waals surface area contributed by atoms with Crippen molar-refractivity contribution in [3.05, 3.63) is 88.9 Å². The van der Waals surface area contributed by atoms with E-state index in [1.807, 2.05) is 36.2 Å². The van der Waals surface area contributed by atoms with Crippen molar-refractivity contribution >= 4 is 11.7 Å². The Labute approximate surface area is 190 Å². The Kier molecular flexibility index (Phi) is 6.81. The molecule has 166 valence electrons. The molecule has 3 aromatic rings. The lowest BCUT2D eigenvalue weighted by Gasteiger charge is -2.19. The minimum atomic E-state index is 0.0853. The molecule has 6 heteroatoms. The van der Waals surface area contributed by atoms with Crippen molar-refractivity contribution < 1.29 is 4.79 Å². The van der Waals surface area contributed by atoms with E-state index in [4.69, 9.17) is 4.98 Å². The fraction of sp³-hybridized carbons (Fsp3) is 0.346. The number of aromatic nitrogens is 2. The van der Waals surface area contributed by atoms with Gasteiger partial charge >= 0.3 is 0 Å². The molecule has 2 heterocycles. The van der Waals surface area contributed by atoms with Gasteiger partial charge in [0, 0.05) is 45.1 Å². The van der Waals surface area contributed by atoms with Crippen LogP contribution in [-0.4, -0.2) is 46.3 Å². The number of aryl methyl sites for hydroxylation is 1. The van der Waals surface area contributed by atoms with Gasteiger partial charge in [-0.2, -0.15) is 0 Å². The molecule has 1 aliphatic rings. The van der Waals surface area contributed by atoms with Crippen LogP contribution in [0.5, 0.6) is 0 Å². The summed E-state index contributed by atoms with van der Waals surface area (Å²) in [4.78, 5) is 26.4. The lowest BCUT2D eigenvalue weighted by Crippen LogP contribution is -2.24. The van der Waals surface area contributed by atoms with Crippen molar-refractivity contribution in [2.45, 2.75) is 38.9 Å². The zero-order valence-corrected chi connectivity index (χ0v) is 19.1. The Bertz CT molecular complexity index is 1070. The van der Waals surface area contributed by atoms with Gasteiger partial charge in [-0.05, 0) is 25.1 Å². The summed E-state index contributed by atoms with van der Waals surface area (Å²) < 4.78 is 0. The van der Waals surface area contributed by atoms with Gasteiger partial charge in [0.1, 0.15) is 11.6 Å². The number of carbonyl (C=O) groups excluding carboxylic acids is 1. The van der Waals surface area contributed by atoms with Gasteiger partial charge in [0.05, 0.1) is 12.2 Å². The molecule has 0 bridgehead atoms. The lowest BCUT2D eigenvalue weighted by molar-refractivity contribution is -0.128. The standard InChI is InChI=1S/C26H31N5O/c1-19-8-7-11-21(12-19)15-30(3)18-25-28-23(14-24(27-2)29-25)22-13-26(32)31(17-22)16-20-9-5-4-6-10-20/h4-12,14,22H,13,15-18H2,1-3H3,(H,27,28,29). The Morgan fingerprint density at radius 3 is 2.56 bits per heavy atom. The first kappa shape index (κ1) is 22.0. The van der Waals surface area contributed by atoms with E-state index in [-0.39, 0.29) is 11.8 Å². The molecule has 0 spiro atoms. The van der Waals surface area contributed by atoms with E-state index in [0.29, 0.717) is 26.1 Å². The van der Waals surface area contributed by atoms with Crippen LogP contribution in [0, 0.1) is 6.92 Å². The zero-order valence-electron chi connectivity index (χ0n) is 19.1. The average Bonchev–Trinajstić information content (AvgIpc) is 3.14. The molecule has 1 amide bonds. The number of carbonyl (C=O) groups is 1. The summed E-state index contributed by atoms with van der Waals surface area (Å²) in [6.07, 6.45) is 0.492. The second-order valence-corrected chi connectivity index (χ2v) is 8.67. The summed E-state index contributed by atoms with van der Waals surface area (Å²) in [6.45, 7) is 4.92. The molecular weight excluding hydrogens is 398 g/mol. The van der Waals surface area contributed by atoms with Crippen LogP contribution in [0.2, 0.25) is 0 Å². The van der Waals surface area contributed by atoms with Gasteiger partial charge in [-0.15, -0.1) is 0 Å². The first-order chi connectivity index (χ1) is 15.5. The third kappa shape index (κ3) is 5.51. The first-order valence-corrected chi connectivity index (χ1v) is 11.1. The van der Waals surface area contributed by atoms with Crippen molar-refractivity contribution in [3.8, 4) is 0 Å². The smallest absolute Gasteiger partial charge is 0.223 e. The Morgan fingerprint density at radius 2 is 1.81 bits per heavy atom. The predicted octanol–water partition coefficient (Wildman–Crippen LogP) is 3.97. The highest BCUT2D eigenvalue weighted by molar-refractivity contribution is 5.79. The predicted molar refractivity (Wildman–Crippen MR) is 127 cm³/mol. The van der Waals surface area contributed by atoms with Crippen LogP contribution in [0.15, 0.2) is 60.7 Å². The van der Waals surface area contributed by atoms with Crippen molar-refractivity contribution in [1.82, 2.24) is 19.8 Å². The molecule has 1 N–H and O–H groups in total. The van der Waals surface area contributed by atoms with Crippen molar-refractivity contribution in [2.24, 2.45) is 0 Å². The average molecular weight is 430 g/mol. The Balaban J connectivity index is 1.46. The topological polar surface area (TPSA) is 61.4 Å². The summed E-state index contributed by atoms with van der Waals surface area (Å²) in [6, 6.07) is 20.7. The molecule has 0 aliphatic carbocycles. The van der Waals surface area contributed by atoms with Gasteiger partial charge in [0.15, 0.2) is 0 Å². The number of nitrogens with zero attached hydrogens (tertiary/aromatic N) is 4. The number of anilines is 1. The largest absolute Gasteiger partial charge is 0.373 e. The highest BCUT2D eigenvalue weighted by Gasteiger charge is 2.32. The van der Waals surface area contributed by atoms with Gasteiger partial charge < -0.3 is 10.2 Å². The van der Waals surface area contributed by atoms with Gasteiger partial charge in [0.2, 0.25) is 5.91 Å². The molecule has 2 aromatic carbocycles. The number of nitrogens with one attached hydrogen (secondary N) is 1. The van der Waals surface area contributed by atoms with Crippen molar-refractivity contribution in [1.29, 1.82) is 0 Å².